The molecule has 0 saturated heterocycles. The minimum Gasteiger partial charge on any atom is -0.468 e. The number of carbonyl (C=O) groups excluding carboxylic acids is 2. The lowest BCUT2D eigenvalue weighted by atomic mass is 10.0. The summed E-state index contributed by atoms with van der Waals surface area (Å²) >= 11 is 1.14. The van der Waals surface area contributed by atoms with Gasteiger partial charge in [0.1, 0.15) is 6.54 Å². The van der Waals surface area contributed by atoms with Crippen LogP contribution in [0.4, 0.5) is 0 Å². The van der Waals surface area contributed by atoms with Crippen molar-refractivity contribution in [2.24, 2.45) is 5.92 Å². The molecule has 0 spiro atoms. The monoisotopic (exact) mass is 419 g/mol. The van der Waals surface area contributed by atoms with Crippen LogP contribution in [0.25, 0.3) is 10.9 Å². The summed E-state index contributed by atoms with van der Waals surface area (Å²) in [6.45, 7) is 6.11. The van der Waals surface area contributed by atoms with Gasteiger partial charge in [-0.3, -0.25) is 19.0 Å². The first-order chi connectivity index (χ1) is 13.8. The largest absolute Gasteiger partial charge is 0.468 e. The number of rotatable bonds is 10. The van der Waals surface area contributed by atoms with Crippen LogP contribution in [0, 0.1) is 5.92 Å². The number of hydrogen-bond acceptors (Lipinski definition) is 6. The highest BCUT2D eigenvalue weighted by molar-refractivity contribution is 7.99. The lowest BCUT2D eigenvalue weighted by Crippen LogP contribution is -2.34. The zero-order valence-electron chi connectivity index (χ0n) is 17.4. The molecule has 0 aliphatic rings. The third-order valence-electron chi connectivity index (χ3n) is 4.50. The van der Waals surface area contributed by atoms with E-state index in [2.05, 4.69) is 24.1 Å². The fourth-order valence-electron chi connectivity index (χ4n) is 2.94. The molecule has 158 valence electrons. The van der Waals surface area contributed by atoms with Gasteiger partial charge in [-0.15, -0.1) is 0 Å². The number of nitrogens with zero attached hydrogens (tertiary/aromatic N) is 2. The summed E-state index contributed by atoms with van der Waals surface area (Å²) in [7, 11) is 1.27. The number of nitrogens with one attached hydrogen (secondary N) is 1. The van der Waals surface area contributed by atoms with E-state index in [0.717, 1.165) is 31.0 Å². The zero-order valence-corrected chi connectivity index (χ0v) is 18.3. The molecule has 0 unspecified atom stereocenters. The van der Waals surface area contributed by atoms with Gasteiger partial charge in [0.25, 0.3) is 5.56 Å². The third-order valence-corrected chi connectivity index (χ3v) is 5.48. The highest BCUT2D eigenvalue weighted by atomic mass is 32.2. The SMILES string of the molecule is COC(=O)Cn1c(SCC(=O)N[C@H](C)CCCC(C)C)nc2ccccc2c1=O. The van der Waals surface area contributed by atoms with Gasteiger partial charge in [-0.1, -0.05) is 50.6 Å². The quantitative estimate of drug-likeness (QED) is 0.362. The van der Waals surface area contributed by atoms with E-state index in [0.29, 0.717) is 22.0 Å². The molecular weight excluding hydrogens is 390 g/mol. The Labute approximate surface area is 175 Å². The van der Waals surface area contributed by atoms with Crippen molar-refractivity contribution in [2.45, 2.75) is 57.8 Å². The second kappa shape index (κ2) is 11.0. The first kappa shape index (κ1) is 22.9. The summed E-state index contributed by atoms with van der Waals surface area (Å²) in [5.41, 5.74) is 0.203. The average molecular weight is 420 g/mol. The number of hydrogen-bond donors (Lipinski definition) is 1. The maximum Gasteiger partial charge on any atom is 0.325 e. The van der Waals surface area contributed by atoms with Gasteiger partial charge in [0.2, 0.25) is 5.91 Å². The number of benzene rings is 1. The number of amides is 1. The number of esters is 1. The minimum absolute atomic E-state index is 0.0867. The van der Waals surface area contributed by atoms with E-state index >= 15 is 0 Å². The van der Waals surface area contributed by atoms with E-state index in [9.17, 15) is 14.4 Å². The van der Waals surface area contributed by atoms with Crippen molar-refractivity contribution >= 4 is 34.5 Å². The van der Waals surface area contributed by atoms with E-state index in [1.807, 2.05) is 6.92 Å². The van der Waals surface area contributed by atoms with Crippen molar-refractivity contribution in [2.75, 3.05) is 12.9 Å². The Balaban J connectivity index is 2.09. The normalized spacial score (nSPS) is 12.2. The number of ether oxygens (including phenoxy) is 1. The Hall–Kier alpha value is -2.35. The van der Waals surface area contributed by atoms with Crippen molar-refractivity contribution in [1.29, 1.82) is 0 Å². The van der Waals surface area contributed by atoms with Gasteiger partial charge in [0.05, 0.1) is 23.8 Å². The second-order valence-electron chi connectivity index (χ2n) is 7.46. The Bertz CT molecular complexity index is 910. The molecular formula is C21H29N3O4S. The van der Waals surface area contributed by atoms with Crippen LogP contribution in [0.1, 0.15) is 40.0 Å². The average Bonchev–Trinajstić information content (AvgIpc) is 2.68. The molecule has 8 heteroatoms. The Morgan fingerprint density at radius 2 is 1.93 bits per heavy atom. The van der Waals surface area contributed by atoms with Crippen molar-refractivity contribution in [3.63, 3.8) is 0 Å². The molecule has 0 fully saturated rings. The summed E-state index contributed by atoms with van der Waals surface area (Å²) in [5.74, 6) is 0.0906. The highest BCUT2D eigenvalue weighted by Gasteiger charge is 2.16. The number of carbonyl (C=O) groups is 2. The highest BCUT2D eigenvalue weighted by Crippen LogP contribution is 2.18. The Morgan fingerprint density at radius 3 is 2.62 bits per heavy atom. The molecule has 0 radical (unpaired) electrons. The van der Waals surface area contributed by atoms with Gasteiger partial charge in [0, 0.05) is 6.04 Å². The van der Waals surface area contributed by atoms with Crippen LogP contribution in [0.5, 0.6) is 0 Å². The standard InChI is InChI=1S/C21H29N3O4S/c1-14(2)8-7-9-15(3)22-18(25)13-29-21-23-17-11-6-5-10-16(17)20(27)24(21)12-19(26)28-4/h5-6,10-11,14-15H,7-9,12-13H2,1-4H3,(H,22,25)/t15-/m1/s1. The lowest BCUT2D eigenvalue weighted by molar-refractivity contribution is -0.141. The Kier molecular flexibility index (Phi) is 8.70. The van der Waals surface area contributed by atoms with Crippen LogP contribution in [0.15, 0.2) is 34.2 Å². The van der Waals surface area contributed by atoms with E-state index in [4.69, 9.17) is 4.74 Å². The Morgan fingerprint density at radius 1 is 1.21 bits per heavy atom. The molecule has 1 atom stereocenters. The third kappa shape index (κ3) is 6.88. The second-order valence-corrected chi connectivity index (χ2v) is 8.40. The van der Waals surface area contributed by atoms with Crippen molar-refractivity contribution in [3.05, 3.63) is 34.6 Å². The van der Waals surface area contributed by atoms with Crippen LogP contribution in [0.2, 0.25) is 0 Å². The number of aromatic nitrogens is 2. The predicted molar refractivity (Wildman–Crippen MR) is 115 cm³/mol. The molecule has 2 aromatic rings. The summed E-state index contributed by atoms with van der Waals surface area (Å²) in [6.07, 6.45) is 3.13. The first-order valence-corrected chi connectivity index (χ1v) is 10.8. The molecule has 1 aromatic heterocycles. The summed E-state index contributed by atoms with van der Waals surface area (Å²) in [6, 6.07) is 7.02. The molecule has 0 aliphatic carbocycles. The topological polar surface area (TPSA) is 90.3 Å². The maximum absolute atomic E-state index is 12.8. The molecule has 2 rings (SSSR count). The van der Waals surface area contributed by atoms with Gasteiger partial charge in [-0.05, 0) is 31.4 Å². The van der Waals surface area contributed by atoms with Crippen LogP contribution in [0.3, 0.4) is 0 Å². The number of fused-ring (bicyclic) bond motifs is 1. The van der Waals surface area contributed by atoms with E-state index in [-0.39, 0.29) is 29.8 Å². The fraction of sp³-hybridized carbons (Fsp3) is 0.524. The summed E-state index contributed by atoms with van der Waals surface area (Å²) in [4.78, 5) is 41.4. The molecule has 7 nitrogen and oxygen atoms in total. The number of para-hydroxylation sites is 1. The fourth-order valence-corrected chi connectivity index (χ4v) is 3.75. The molecule has 0 aliphatic heterocycles. The van der Waals surface area contributed by atoms with Crippen LogP contribution in [-0.2, 0) is 20.9 Å². The van der Waals surface area contributed by atoms with E-state index in [1.54, 1.807) is 24.3 Å². The van der Waals surface area contributed by atoms with E-state index in [1.165, 1.54) is 11.7 Å². The minimum atomic E-state index is -0.547. The van der Waals surface area contributed by atoms with Crippen molar-refractivity contribution in [1.82, 2.24) is 14.9 Å². The zero-order chi connectivity index (χ0) is 21.4. The molecule has 1 aromatic carbocycles. The number of thioether (sulfide) groups is 1. The summed E-state index contributed by atoms with van der Waals surface area (Å²) in [5, 5.41) is 3.72. The number of methoxy groups -OCH3 is 1. The van der Waals surface area contributed by atoms with Crippen molar-refractivity contribution in [3.8, 4) is 0 Å². The molecule has 1 N–H and O–H groups in total. The summed E-state index contributed by atoms with van der Waals surface area (Å²) < 4.78 is 5.96. The van der Waals surface area contributed by atoms with Gasteiger partial charge in [0.15, 0.2) is 5.16 Å². The molecule has 0 bridgehead atoms. The van der Waals surface area contributed by atoms with Gasteiger partial charge < -0.3 is 10.1 Å². The molecule has 0 saturated carbocycles. The van der Waals surface area contributed by atoms with Crippen LogP contribution in [-0.4, -0.2) is 40.3 Å². The van der Waals surface area contributed by atoms with Crippen LogP contribution >= 0.6 is 11.8 Å². The van der Waals surface area contributed by atoms with Crippen LogP contribution < -0.4 is 10.9 Å². The smallest absolute Gasteiger partial charge is 0.325 e. The van der Waals surface area contributed by atoms with E-state index < -0.39 is 5.97 Å². The maximum atomic E-state index is 12.8. The lowest BCUT2D eigenvalue weighted by Gasteiger charge is -2.15. The van der Waals surface area contributed by atoms with Gasteiger partial charge in [-0.25, -0.2) is 4.98 Å². The van der Waals surface area contributed by atoms with Gasteiger partial charge >= 0.3 is 5.97 Å². The van der Waals surface area contributed by atoms with Gasteiger partial charge in [-0.2, -0.15) is 0 Å². The molecule has 1 amide bonds. The van der Waals surface area contributed by atoms with Crippen molar-refractivity contribution < 1.29 is 14.3 Å². The first-order valence-electron chi connectivity index (χ1n) is 9.80. The predicted octanol–water partition coefficient (Wildman–Crippen LogP) is 2.99. The molecule has 1 heterocycles. The molecule has 29 heavy (non-hydrogen) atoms.